The molecule has 0 saturated carbocycles. The average Bonchev–Trinajstić information content (AvgIpc) is 1.88. The van der Waals surface area contributed by atoms with Crippen molar-refractivity contribution in [3.63, 3.8) is 0 Å². The zero-order valence-electron chi connectivity index (χ0n) is 6.91. The zero-order chi connectivity index (χ0) is 7.11. The van der Waals surface area contributed by atoms with Crippen molar-refractivity contribution >= 4 is 0 Å². The molecule has 0 saturated heterocycles. The maximum absolute atomic E-state index is 3.43. The fourth-order valence-corrected chi connectivity index (χ4v) is 1.09. The fraction of sp³-hybridized carbons (Fsp3) is 1.00. The molecule has 0 heterocycles. The molecule has 0 rings (SSSR count). The summed E-state index contributed by atoms with van der Waals surface area (Å²) in [6.45, 7) is 7.75. The second-order valence-electron chi connectivity index (χ2n) is 2.45. The monoisotopic (exact) mass is 129 g/mol. The third-order valence-electron chi connectivity index (χ3n) is 1.62. The van der Waals surface area contributed by atoms with Crippen LogP contribution >= 0.6 is 0 Å². The molecule has 1 heteroatoms. The van der Waals surface area contributed by atoms with Crippen molar-refractivity contribution in [2.45, 2.75) is 46.1 Å². The van der Waals surface area contributed by atoms with Crippen LogP contribution in [-0.2, 0) is 0 Å². The molecular formula is C8H19N. The number of hydrogen-bond acceptors (Lipinski definition) is 1. The molecule has 0 aromatic rings. The van der Waals surface area contributed by atoms with E-state index < -0.39 is 0 Å². The highest BCUT2D eigenvalue weighted by atomic mass is 14.9. The lowest BCUT2D eigenvalue weighted by Gasteiger charge is -2.13. The molecule has 0 aliphatic rings. The van der Waals surface area contributed by atoms with Crippen LogP contribution in [0, 0.1) is 0 Å². The summed E-state index contributed by atoms with van der Waals surface area (Å²) >= 11 is 0. The van der Waals surface area contributed by atoms with Gasteiger partial charge in [0.05, 0.1) is 0 Å². The van der Waals surface area contributed by atoms with Crippen LogP contribution in [0.5, 0.6) is 0 Å². The van der Waals surface area contributed by atoms with Gasteiger partial charge in [-0.25, -0.2) is 0 Å². The normalized spacial score (nSPS) is 13.7. The molecule has 0 radical (unpaired) electrons. The summed E-state index contributed by atoms with van der Waals surface area (Å²) in [6, 6.07) is 0.764. The lowest BCUT2D eigenvalue weighted by molar-refractivity contribution is 0.476. The first-order chi connectivity index (χ1) is 4.35. The van der Waals surface area contributed by atoms with E-state index in [-0.39, 0.29) is 0 Å². The van der Waals surface area contributed by atoms with E-state index in [0.29, 0.717) is 0 Å². The Morgan fingerprint density at radius 3 is 2.22 bits per heavy atom. The van der Waals surface area contributed by atoms with Crippen LogP contribution in [0.4, 0.5) is 0 Å². The van der Waals surface area contributed by atoms with Crippen molar-refractivity contribution in [3.05, 3.63) is 0 Å². The van der Waals surface area contributed by atoms with E-state index in [0.717, 1.165) is 12.6 Å². The topological polar surface area (TPSA) is 12.0 Å². The van der Waals surface area contributed by atoms with Crippen LogP contribution in [0.2, 0.25) is 0 Å². The number of rotatable bonds is 5. The Bertz CT molecular complexity index is 46.5. The van der Waals surface area contributed by atoms with Gasteiger partial charge in [0.2, 0.25) is 0 Å². The molecule has 1 N–H and O–H groups in total. The van der Waals surface area contributed by atoms with Crippen molar-refractivity contribution in [1.29, 1.82) is 0 Å². The van der Waals surface area contributed by atoms with Gasteiger partial charge in [-0.05, 0) is 19.4 Å². The van der Waals surface area contributed by atoms with Crippen molar-refractivity contribution < 1.29 is 0 Å². The highest BCUT2D eigenvalue weighted by Gasteiger charge is 1.99. The summed E-state index contributed by atoms with van der Waals surface area (Å²) in [6.07, 6.45) is 3.89. The first kappa shape index (κ1) is 8.96. The minimum Gasteiger partial charge on any atom is -0.314 e. The second kappa shape index (κ2) is 6.09. The Labute approximate surface area is 58.8 Å². The minimum atomic E-state index is 0.764. The van der Waals surface area contributed by atoms with Crippen LogP contribution in [0.15, 0.2) is 0 Å². The molecule has 0 amide bonds. The van der Waals surface area contributed by atoms with E-state index in [9.17, 15) is 0 Å². The molecule has 0 spiro atoms. The average molecular weight is 129 g/mol. The lowest BCUT2D eigenvalue weighted by Crippen LogP contribution is -2.27. The quantitative estimate of drug-likeness (QED) is 0.600. The van der Waals surface area contributed by atoms with Crippen molar-refractivity contribution in [1.82, 2.24) is 5.32 Å². The maximum atomic E-state index is 3.43. The molecule has 0 aliphatic carbocycles. The highest BCUT2D eigenvalue weighted by Crippen LogP contribution is 1.99. The molecule has 0 aliphatic heterocycles. The summed E-state index contributed by atoms with van der Waals surface area (Å²) in [5.74, 6) is 0. The molecular weight excluding hydrogens is 110 g/mol. The Balaban J connectivity index is 3.18. The first-order valence-electron chi connectivity index (χ1n) is 4.08. The summed E-state index contributed by atoms with van der Waals surface area (Å²) in [5.41, 5.74) is 0. The molecule has 0 bridgehead atoms. The Morgan fingerprint density at radius 2 is 1.89 bits per heavy atom. The van der Waals surface area contributed by atoms with E-state index in [4.69, 9.17) is 0 Å². The molecule has 0 fully saturated rings. The van der Waals surface area contributed by atoms with Crippen molar-refractivity contribution in [3.8, 4) is 0 Å². The van der Waals surface area contributed by atoms with Gasteiger partial charge in [0.25, 0.3) is 0 Å². The SMILES string of the molecule is CCCC(CC)NCC. The minimum absolute atomic E-state index is 0.764. The molecule has 9 heavy (non-hydrogen) atoms. The Morgan fingerprint density at radius 1 is 1.22 bits per heavy atom. The van der Waals surface area contributed by atoms with E-state index in [1.165, 1.54) is 19.3 Å². The predicted octanol–water partition coefficient (Wildman–Crippen LogP) is 2.17. The van der Waals surface area contributed by atoms with E-state index in [2.05, 4.69) is 26.1 Å². The third-order valence-corrected chi connectivity index (χ3v) is 1.62. The van der Waals surface area contributed by atoms with Gasteiger partial charge in [-0.3, -0.25) is 0 Å². The third kappa shape index (κ3) is 4.46. The van der Waals surface area contributed by atoms with Gasteiger partial charge in [-0.1, -0.05) is 27.2 Å². The molecule has 1 atom stereocenters. The van der Waals surface area contributed by atoms with Gasteiger partial charge in [0, 0.05) is 6.04 Å². The van der Waals surface area contributed by atoms with Crippen LogP contribution in [0.1, 0.15) is 40.0 Å². The van der Waals surface area contributed by atoms with Crippen LogP contribution in [0.25, 0.3) is 0 Å². The van der Waals surface area contributed by atoms with Crippen LogP contribution in [0.3, 0.4) is 0 Å². The maximum Gasteiger partial charge on any atom is 0.00642 e. The van der Waals surface area contributed by atoms with E-state index >= 15 is 0 Å². The van der Waals surface area contributed by atoms with Crippen molar-refractivity contribution in [2.75, 3.05) is 6.54 Å². The first-order valence-corrected chi connectivity index (χ1v) is 4.08. The molecule has 56 valence electrons. The molecule has 0 aromatic carbocycles. The molecule has 1 nitrogen and oxygen atoms in total. The van der Waals surface area contributed by atoms with Crippen LogP contribution < -0.4 is 5.32 Å². The smallest absolute Gasteiger partial charge is 0.00642 e. The van der Waals surface area contributed by atoms with E-state index in [1.54, 1.807) is 0 Å². The Hall–Kier alpha value is -0.0400. The second-order valence-corrected chi connectivity index (χ2v) is 2.45. The predicted molar refractivity (Wildman–Crippen MR) is 42.7 cm³/mol. The largest absolute Gasteiger partial charge is 0.314 e. The summed E-state index contributed by atoms with van der Waals surface area (Å²) in [7, 11) is 0. The Kier molecular flexibility index (Phi) is 6.06. The van der Waals surface area contributed by atoms with Gasteiger partial charge in [-0.2, -0.15) is 0 Å². The zero-order valence-corrected chi connectivity index (χ0v) is 6.91. The van der Waals surface area contributed by atoms with Gasteiger partial charge in [-0.15, -0.1) is 0 Å². The van der Waals surface area contributed by atoms with E-state index in [1.807, 2.05) is 0 Å². The van der Waals surface area contributed by atoms with Gasteiger partial charge < -0.3 is 5.32 Å². The number of hydrogen-bond donors (Lipinski definition) is 1. The summed E-state index contributed by atoms with van der Waals surface area (Å²) < 4.78 is 0. The summed E-state index contributed by atoms with van der Waals surface area (Å²) in [5, 5.41) is 3.43. The molecule has 1 unspecified atom stereocenters. The standard InChI is InChI=1S/C8H19N/c1-4-7-8(5-2)9-6-3/h8-9H,4-7H2,1-3H3. The number of nitrogens with one attached hydrogen (secondary N) is 1. The van der Waals surface area contributed by atoms with Gasteiger partial charge in [0.1, 0.15) is 0 Å². The van der Waals surface area contributed by atoms with Crippen molar-refractivity contribution in [2.24, 2.45) is 0 Å². The molecule has 0 aromatic heterocycles. The highest BCUT2D eigenvalue weighted by molar-refractivity contribution is 4.61. The van der Waals surface area contributed by atoms with Gasteiger partial charge >= 0.3 is 0 Å². The fourth-order valence-electron chi connectivity index (χ4n) is 1.09. The lowest BCUT2D eigenvalue weighted by atomic mass is 10.1. The summed E-state index contributed by atoms with van der Waals surface area (Å²) in [4.78, 5) is 0. The van der Waals surface area contributed by atoms with Gasteiger partial charge in [0.15, 0.2) is 0 Å². The van der Waals surface area contributed by atoms with Crippen LogP contribution in [-0.4, -0.2) is 12.6 Å².